The van der Waals surface area contributed by atoms with Crippen LogP contribution in [0.15, 0.2) is 42.5 Å². The number of thiophene rings is 1. The van der Waals surface area contributed by atoms with Crippen molar-refractivity contribution in [2.45, 2.75) is 45.6 Å². The Morgan fingerprint density at radius 3 is 2.60 bits per heavy atom. The second-order valence-electron chi connectivity index (χ2n) is 10.1. The van der Waals surface area contributed by atoms with E-state index in [1.54, 1.807) is 11.3 Å². The highest BCUT2D eigenvalue weighted by Gasteiger charge is 2.26. The molecule has 3 aromatic rings. The number of fused-ring (bicyclic) bond motifs is 1. The van der Waals surface area contributed by atoms with E-state index >= 15 is 0 Å². The van der Waals surface area contributed by atoms with Crippen LogP contribution in [0.25, 0.3) is 10.4 Å². The molecule has 0 unspecified atom stereocenters. The van der Waals surface area contributed by atoms with Gasteiger partial charge in [0.25, 0.3) is 0 Å². The summed E-state index contributed by atoms with van der Waals surface area (Å²) in [5.74, 6) is 0.119. The number of nitrogens with zero attached hydrogens (tertiary/aromatic N) is 2. The largest absolute Gasteiger partial charge is 0.369 e. The Labute approximate surface area is 217 Å². The molecule has 2 heterocycles. The van der Waals surface area contributed by atoms with Crippen LogP contribution in [0.4, 0.5) is 5.69 Å². The number of hydrogen-bond acceptors (Lipinski definition) is 4. The monoisotopic (exact) mass is 507 g/mol. The van der Waals surface area contributed by atoms with Gasteiger partial charge < -0.3 is 15.1 Å². The van der Waals surface area contributed by atoms with Gasteiger partial charge in [-0.05, 0) is 98.3 Å². The van der Waals surface area contributed by atoms with Crippen molar-refractivity contribution < 1.29 is 4.79 Å². The van der Waals surface area contributed by atoms with Crippen LogP contribution in [0, 0.1) is 13.8 Å². The van der Waals surface area contributed by atoms with E-state index in [0.717, 1.165) is 60.9 Å². The SMILES string of the molecule is Cc1cc(Cl)ccc1-c1ccc(CC(=O)N[C@H]2CCc3c(C)ccc(N4CCN(C)CC4)c3C2)s1. The lowest BCUT2D eigenvalue weighted by atomic mass is 9.84. The third-order valence-corrected chi connectivity index (χ3v) is 8.85. The fourth-order valence-corrected chi connectivity index (χ4v) is 6.79. The Hall–Kier alpha value is -2.34. The molecule has 1 aromatic heterocycles. The maximum absolute atomic E-state index is 13.0. The lowest BCUT2D eigenvalue weighted by Crippen LogP contribution is -2.45. The fourth-order valence-electron chi connectivity index (χ4n) is 5.47. The van der Waals surface area contributed by atoms with Crippen molar-refractivity contribution in [2.24, 2.45) is 0 Å². The van der Waals surface area contributed by atoms with Crippen molar-refractivity contribution in [1.82, 2.24) is 10.2 Å². The molecule has 35 heavy (non-hydrogen) atoms. The van der Waals surface area contributed by atoms with Gasteiger partial charge >= 0.3 is 0 Å². The van der Waals surface area contributed by atoms with Crippen LogP contribution >= 0.6 is 22.9 Å². The molecule has 1 aliphatic heterocycles. The summed E-state index contributed by atoms with van der Waals surface area (Å²) in [6, 6.07) is 15.0. The van der Waals surface area contributed by atoms with Crippen LogP contribution in [0.1, 0.15) is 33.6 Å². The zero-order valence-corrected chi connectivity index (χ0v) is 22.4. The van der Waals surface area contributed by atoms with Gasteiger partial charge in [0, 0.05) is 52.7 Å². The summed E-state index contributed by atoms with van der Waals surface area (Å²) in [7, 11) is 2.20. The van der Waals surface area contributed by atoms with Gasteiger partial charge in [-0.1, -0.05) is 23.7 Å². The van der Waals surface area contributed by atoms with E-state index in [2.05, 4.69) is 66.3 Å². The molecule has 1 saturated heterocycles. The number of rotatable bonds is 5. The Balaban J connectivity index is 1.25. The molecule has 184 valence electrons. The number of carbonyl (C=O) groups excluding carboxylic acids is 1. The first-order chi connectivity index (χ1) is 16.9. The molecule has 4 nitrogen and oxygen atoms in total. The van der Waals surface area contributed by atoms with E-state index < -0.39 is 0 Å². The lowest BCUT2D eigenvalue weighted by molar-refractivity contribution is -0.121. The van der Waals surface area contributed by atoms with Crippen LogP contribution in [-0.4, -0.2) is 50.1 Å². The molecule has 6 heteroatoms. The number of likely N-dealkylation sites (N-methyl/N-ethyl adjacent to an activating group) is 1. The van der Waals surface area contributed by atoms with Crippen molar-refractivity contribution in [3.8, 4) is 10.4 Å². The minimum atomic E-state index is 0.119. The van der Waals surface area contributed by atoms with E-state index in [1.165, 1.54) is 32.8 Å². The Morgan fingerprint density at radius 1 is 1.03 bits per heavy atom. The van der Waals surface area contributed by atoms with Crippen LogP contribution < -0.4 is 10.2 Å². The molecular formula is C29H34ClN3OS. The highest BCUT2D eigenvalue weighted by Crippen LogP contribution is 2.34. The van der Waals surface area contributed by atoms with Gasteiger partial charge in [0.2, 0.25) is 5.91 Å². The summed E-state index contributed by atoms with van der Waals surface area (Å²) in [5.41, 5.74) is 8.03. The van der Waals surface area contributed by atoms with E-state index in [-0.39, 0.29) is 11.9 Å². The first-order valence-electron chi connectivity index (χ1n) is 12.6. The van der Waals surface area contributed by atoms with E-state index in [1.807, 2.05) is 12.1 Å². The summed E-state index contributed by atoms with van der Waals surface area (Å²) < 4.78 is 0. The molecule has 1 aliphatic carbocycles. The summed E-state index contributed by atoms with van der Waals surface area (Å²) in [6.07, 6.45) is 3.39. The maximum Gasteiger partial charge on any atom is 0.225 e. The Kier molecular flexibility index (Phi) is 7.19. The maximum atomic E-state index is 13.0. The zero-order chi connectivity index (χ0) is 24.5. The first kappa shape index (κ1) is 24.4. The summed E-state index contributed by atoms with van der Waals surface area (Å²) in [6.45, 7) is 8.63. The summed E-state index contributed by atoms with van der Waals surface area (Å²) in [5, 5.41) is 4.11. The molecule has 1 amide bonds. The fraction of sp³-hybridized carbons (Fsp3) is 0.414. The van der Waals surface area contributed by atoms with E-state index in [4.69, 9.17) is 11.6 Å². The number of halogens is 1. The van der Waals surface area contributed by atoms with E-state index in [0.29, 0.717) is 6.42 Å². The number of benzene rings is 2. The van der Waals surface area contributed by atoms with Gasteiger partial charge in [-0.2, -0.15) is 0 Å². The Bertz CT molecular complexity index is 1230. The number of amides is 1. The number of hydrogen-bond donors (Lipinski definition) is 1. The van der Waals surface area contributed by atoms with Gasteiger partial charge in [-0.25, -0.2) is 0 Å². The smallest absolute Gasteiger partial charge is 0.225 e. The second-order valence-corrected chi connectivity index (χ2v) is 11.7. The standard InChI is InChI=1S/C29H34ClN3OS/c1-19-4-10-27(33-14-12-32(3)13-15-33)26-17-22(6-9-24(19)26)31-29(34)18-23-7-11-28(35-23)25-8-5-21(30)16-20(25)2/h4-5,7-8,10-11,16,22H,6,9,12-15,17-18H2,1-3H3,(H,31,34)/t22-/m0/s1. The van der Waals surface area contributed by atoms with Crippen molar-refractivity contribution in [3.63, 3.8) is 0 Å². The zero-order valence-electron chi connectivity index (χ0n) is 20.9. The number of piperazine rings is 1. The summed E-state index contributed by atoms with van der Waals surface area (Å²) >= 11 is 7.81. The van der Waals surface area contributed by atoms with Crippen LogP contribution in [0.5, 0.6) is 0 Å². The molecule has 0 bridgehead atoms. The third kappa shape index (κ3) is 5.42. The first-order valence-corrected chi connectivity index (χ1v) is 13.8. The average Bonchev–Trinajstić information content (AvgIpc) is 3.28. The Morgan fingerprint density at radius 2 is 1.83 bits per heavy atom. The number of aryl methyl sites for hydroxylation is 2. The molecular weight excluding hydrogens is 474 g/mol. The van der Waals surface area contributed by atoms with Crippen LogP contribution in [0.2, 0.25) is 5.02 Å². The highest BCUT2D eigenvalue weighted by atomic mass is 35.5. The molecule has 0 saturated carbocycles. The normalized spacial score (nSPS) is 18.4. The van der Waals surface area contributed by atoms with Crippen molar-refractivity contribution >= 4 is 34.5 Å². The third-order valence-electron chi connectivity index (χ3n) is 7.49. The highest BCUT2D eigenvalue weighted by molar-refractivity contribution is 7.15. The molecule has 2 aromatic carbocycles. The number of nitrogens with one attached hydrogen (secondary N) is 1. The van der Waals surface area contributed by atoms with Gasteiger partial charge in [0.1, 0.15) is 0 Å². The predicted octanol–water partition coefficient (Wildman–Crippen LogP) is 5.65. The van der Waals surface area contributed by atoms with Gasteiger partial charge in [0.05, 0.1) is 6.42 Å². The molecule has 0 spiro atoms. The molecule has 5 rings (SSSR count). The van der Waals surface area contributed by atoms with Gasteiger partial charge in [0.15, 0.2) is 0 Å². The topological polar surface area (TPSA) is 35.6 Å². The molecule has 1 atom stereocenters. The van der Waals surface area contributed by atoms with Crippen molar-refractivity contribution in [1.29, 1.82) is 0 Å². The van der Waals surface area contributed by atoms with Crippen molar-refractivity contribution in [3.05, 3.63) is 74.6 Å². The van der Waals surface area contributed by atoms with E-state index in [9.17, 15) is 4.79 Å². The average molecular weight is 508 g/mol. The molecule has 0 radical (unpaired) electrons. The second kappa shape index (κ2) is 10.3. The van der Waals surface area contributed by atoms with Gasteiger partial charge in [-0.15, -0.1) is 11.3 Å². The number of carbonyl (C=O) groups is 1. The minimum absolute atomic E-state index is 0.119. The molecule has 1 N–H and O–H groups in total. The summed E-state index contributed by atoms with van der Waals surface area (Å²) in [4.78, 5) is 20.2. The van der Waals surface area contributed by atoms with Crippen LogP contribution in [0.3, 0.4) is 0 Å². The van der Waals surface area contributed by atoms with Gasteiger partial charge in [-0.3, -0.25) is 4.79 Å². The minimum Gasteiger partial charge on any atom is -0.369 e. The predicted molar refractivity (Wildman–Crippen MR) is 148 cm³/mol. The molecule has 2 aliphatic rings. The lowest BCUT2D eigenvalue weighted by Gasteiger charge is -2.37. The van der Waals surface area contributed by atoms with Crippen molar-refractivity contribution in [2.75, 3.05) is 38.1 Å². The quantitative estimate of drug-likeness (QED) is 0.484. The molecule has 1 fully saturated rings. The number of anilines is 1. The van der Waals surface area contributed by atoms with Crippen LogP contribution in [-0.2, 0) is 24.1 Å².